The van der Waals surface area contributed by atoms with E-state index in [0.717, 1.165) is 0 Å². The third kappa shape index (κ3) is 3.54. The highest BCUT2D eigenvalue weighted by atomic mass is 35.7. The Bertz CT molecular complexity index is 618. The Morgan fingerprint density at radius 2 is 1.82 bits per heavy atom. The number of nitrogens with one attached hydrogen (secondary N) is 1. The Morgan fingerprint density at radius 3 is 2.18 bits per heavy atom. The van der Waals surface area contributed by atoms with Crippen LogP contribution in [0.25, 0.3) is 0 Å². The predicted octanol–water partition coefficient (Wildman–Crippen LogP) is 1.53. The fourth-order valence-electron chi connectivity index (χ4n) is 0.892. The maximum absolute atomic E-state index is 11.5. The number of sulfonamides is 1. The number of aromatic nitrogens is 1. The van der Waals surface area contributed by atoms with Crippen LogP contribution in [0.4, 0.5) is 5.13 Å². The van der Waals surface area contributed by atoms with E-state index in [9.17, 15) is 16.8 Å². The average molecular weight is 319 g/mol. The van der Waals surface area contributed by atoms with Crippen LogP contribution in [0.15, 0.2) is 4.21 Å². The van der Waals surface area contributed by atoms with E-state index in [2.05, 4.69) is 9.71 Å². The summed E-state index contributed by atoms with van der Waals surface area (Å²) >= 11 is 0.689. The summed E-state index contributed by atoms with van der Waals surface area (Å²) in [5, 5.41) is -0.641. The van der Waals surface area contributed by atoms with Gasteiger partial charge in [0.05, 0.1) is 10.9 Å². The van der Waals surface area contributed by atoms with Crippen LogP contribution >= 0.6 is 22.0 Å². The van der Waals surface area contributed by atoms with Gasteiger partial charge in [0.1, 0.15) is 0 Å². The van der Waals surface area contributed by atoms with Gasteiger partial charge in [0.25, 0.3) is 9.05 Å². The molecule has 10 heteroatoms. The molecule has 0 aliphatic carbocycles. The number of nitrogens with zero attached hydrogens (tertiary/aromatic N) is 1. The summed E-state index contributed by atoms with van der Waals surface area (Å²) < 4.78 is 47.4. The third-order valence-electron chi connectivity index (χ3n) is 1.83. The monoisotopic (exact) mass is 318 g/mol. The lowest BCUT2D eigenvalue weighted by atomic mass is 10.6. The van der Waals surface area contributed by atoms with Crippen LogP contribution in [0.1, 0.15) is 19.5 Å². The van der Waals surface area contributed by atoms with E-state index >= 15 is 0 Å². The standard InChI is InChI=1S/C7H11ClN2O4S3/c1-4(2)17(13,14)10-7-9-5(3)6(15-7)16(8,11)12/h4H,1-3H3,(H,9,10). The lowest BCUT2D eigenvalue weighted by Gasteiger charge is -2.06. The molecule has 0 radical (unpaired) electrons. The van der Waals surface area contributed by atoms with E-state index in [1.807, 2.05) is 0 Å². The first-order valence-corrected chi connectivity index (χ1v) is 9.15. The Hall–Kier alpha value is -0.380. The molecule has 0 bridgehead atoms. The Balaban J connectivity index is 3.13. The van der Waals surface area contributed by atoms with E-state index in [0.29, 0.717) is 11.3 Å². The van der Waals surface area contributed by atoms with E-state index in [4.69, 9.17) is 10.7 Å². The van der Waals surface area contributed by atoms with Crippen molar-refractivity contribution in [3.05, 3.63) is 5.69 Å². The van der Waals surface area contributed by atoms with Crippen molar-refractivity contribution in [3.63, 3.8) is 0 Å². The van der Waals surface area contributed by atoms with Gasteiger partial charge in [-0.15, -0.1) is 0 Å². The quantitative estimate of drug-likeness (QED) is 0.850. The Morgan fingerprint density at radius 1 is 1.29 bits per heavy atom. The molecule has 1 rings (SSSR count). The second kappa shape index (κ2) is 4.71. The summed E-state index contributed by atoms with van der Waals surface area (Å²) in [5.74, 6) is 0. The Kier molecular flexibility index (Phi) is 4.07. The summed E-state index contributed by atoms with van der Waals surface area (Å²) in [6, 6.07) is 0. The van der Waals surface area contributed by atoms with Crippen LogP contribution < -0.4 is 4.72 Å². The van der Waals surface area contributed by atoms with Gasteiger partial charge in [0.2, 0.25) is 10.0 Å². The fourth-order valence-corrected chi connectivity index (χ4v) is 4.14. The van der Waals surface area contributed by atoms with Gasteiger partial charge in [-0.1, -0.05) is 11.3 Å². The number of anilines is 1. The highest BCUT2D eigenvalue weighted by molar-refractivity contribution is 8.15. The van der Waals surface area contributed by atoms with Crippen molar-refractivity contribution in [3.8, 4) is 0 Å². The van der Waals surface area contributed by atoms with E-state index in [1.54, 1.807) is 0 Å². The highest BCUT2D eigenvalue weighted by Crippen LogP contribution is 2.30. The minimum atomic E-state index is -3.90. The molecule has 0 saturated heterocycles. The molecule has 1 aromatic rings. The average Bonchev–Trinajstić information content (AvgIpc) is 2.44. The summed E-state index contributed by atoms with van der Waals surface area (Å²) in [6.45, 7) is 4.45. The van der Waals surface area contributed by atoms with Crippen LogP contribution in [0.5, 0.6) is 0 Å². The summed E-state index contributed by atoms with van der Waals surface area (Å²) in [6.07, 6.45) is 0. The Labute approximate surface area is 108 Å². The van der Waals surface area contributed by atoms with E-state index in [-0.39, 0.29) is 15.0 Å². The van der Waals surface area contributed by atoms with Gasteiger partial charge < -0.3 is 0 Å². The van der Waals surface area contributed by atoms with Gasteiger partial charge in [-0.25, -0.2) is 21.8 Å². The minimum absolute atomic E-state index is 0.00424. The summed E-state index contributed by atoms with van der Waals surface area (Å²) in [7, 11) is -2.26. The van der Waals surface area contributed by atoms with Crippen molar-refractivity contribution in [1.29, 1.82) is 0 Å². The molecule has 0 spiro atoms. The smallest absolute Gasteiger partial charge is 0.258 e. The van der Waals surface area contributed by atoms with Crippen molar-refractivity contribution >= 4 is 46.2 Å². The number of aryl methyl sites for hydroxylation is 1. The van der Waals surface area contributed by atoms with Gasteiger partial charge in [-0.05, 0) is 20.8 Å². The molecule has 0 amide bonds. The predicted molar refractivity (Wildman–Crippen MR) is 67.6 cm³/mol. The minimum Gasteiger partial charge on any atom is -0.258 e. The first kappa shape index (κ1) is 14.7. The van der Waals surface area contributed by atoms with Crippen molar-refractivity contribution < 1.29 is 16.8 Å². The van der Waals surface area contributed by atoms with Crippen molar-refractivity contribution in [2.24, 2.45) is 0 Å². The van der Waals surface area contributed by atoms with Crippen LogP contribution in [0.3, 0.4) is 0 Å². The molecule has 1 heterocycles. The van der Waals surface area contributed by atoms with Crippen LogP contribution in [-0.2, 0) is 19.1 Å². The second-order valence-electron chi connectivity index (χ2n) is 3.53. The lowest BCUT2D eigenvalue weighted by Crippen LogP contribution is -2.22. The third-order valence-corrected chi connectivity index (χ3v) is 6.93. The molecule has 0 fully saturated rings. The molecule has 0 unspecified atom stereocenters. The van der Waals surface area contributed by atoms with Crippen LogP contribution in [0.2, 0.25) is 0 Å². The van der Waals surface area contributed by atoms with E-state index in [1.165, 1.54) is 20.8 Å². The molecule has 1 aromatic heterocycles. The zero-order chi connectivity index (χ0) is 13.4. The fraction of sp³-hybridized carbons (Fsp3) is 0.571. The van der Waals surface area contributed by atoms with Crippen molar-refractivity contribution in [1.82, 2.24) is 4.98 Å². The van der Waals surface area contributed by atoms with Gasteiger partial charge in [0, 0.05) is 10.7 Å². The molecular weight excluding hydrogens is 308 g/mol. The molecule has 0 atom stereocenters. The molecular formula is C7H11ClN2O4S3. The normalized spacial score (nSPS) is 13.0. The van der Waals surface area contributed by atoms with E-state index < -0.39 is 24.3 Å². The zero-order valence-corrected chi connectivity index (χ0v) is 12.5. The van der Waals surface area contributed by atoms with Gasteiger partial charge >= 0.3 is 0 Å². The molecule has 6 nitrogen and oxygen atoms in total. The molecule has 0 saturated carbocycles. The van der Waals surface area contributed by atoms with Gasteiger partial charge in [-0.3, -0.25) is 4.72 Å². The number of hydrogen-bond acceptors (Lipinski definition) is 6. The zero-order valence-electron chi connectivity index (χ0n) is 9.26. The maximum atomic E-state index is 11.5. The van der Waals surface area contributed by atoms with Crippen LogP contribution in [0, 0.1) is 6.92 Å². The van der Waals surface area contributed by atoms with Crippen molar-refractivity contribution in [2.45, 2.75) is 30.2 Å². The molecule has 98 valence electrons. The number of rotatable bonds is 4. The van der Waals surface area contributed by atoms with Crippen LogP contribution in [-0.4, -0.2) is 27.1 Å². The lowest BCUT2D eigenvalue weighted by molar-refractivity contribution is 0.592. The molecule has 1 N–H and O–H groups in total. The summed E-state index contributed by atoms with van der Waals surface area (Å²) in [4.78, 5) is 3.81. The topological polar surface area (TPSA) is 93.2 Å². The first-order chi connectivity index (χ1) is 7.54. The molecule has 0 aromatic carbocycles. The van der Waals surface area contributed by atoms with Crippen molar-refractivity contribution in [2.75, 3.05) is 4.72 Å². The number of thiazole rings is 1. The molecule has 0 aliphatic rings. The first-order valence-electron chi connectivity index (χ1n) is 4.48. The number of hydrogen-bond donors (Lipinski definition) is 1. The largest absolute Gasteiger partial charge is 0.272 e. The molecule has 17 heavy (non-hydrogen) atoms. The van der Waals surface area contributed by atoms with Gasteiger partial charge in [0.15, 0.2) is 9.34 Å². The molecule has 0 aliphatic heterocycles. The highest BCUT2D eigenvalue weighted by Gasteiger charge is 2.23. The van der Waals surface area contributed by atoms with Gasteiger partial charge in [-0.2, -0.15) is 0 Å². The SMILES string of the molecule is Cc1nc(NS(=O)(=O)C(C)C)sc1S(=O)(=O)Cl. The number of halogens is 1. The summed E-state index contributed by atoms with van der Waals surface area (Å²) in [5.41, 5.74) is 0.173. The maximum Gasteiger partial charge on any atom is 0.272 e. The second-order valence-corrected chi connectivity index (χ2v) is 9.52.